The molecule has 6 heteroatoms. The Morgan fingerprint density at radius 1 is 1.22 bits per heavy atom. The van der Waals surface area contributed by atoms with E-state index >= 15 is 0 Å². The van der Waals surface area contributed by atoms with Gasteiger partial charge in [0.05, 0.1) is 10.7 Å². The largest absolute Gasteiger partial charge is 0.361 e. The van der Waals surface area contributed by atoms with Crippen molar-refractivity contribution in [3.8, 4) is 0 Å². The van der Waals surface area contributed by atoms with Gasteiger partial charge in [0, 0.05) is 30.4 Å². The van der Waals surface area contributed by atoms with E-state index in [0.717, 1.165) is 36.6 Å². The summed E-state index contributed by atoms with van der Waals surface area (Å²) in [4.78, 5) is 18.3. The molecule has 1 atom stereocenters. The van der Waals surface area contributed by atoms with Crippen LogP contribution in [0.5, 0.6) is 0 Å². The van der Waals surface area contributed by atoms with E-state index in [2.05, 4.69) is 4.98 Å². The van der Waals surface area contributed by atoms with E-state index in [1.54, 1.807) is 11.0 Å². The second-order valence-corrected chi connectivity index (χ2v) is 9.44. The molecule has 1 aliphatic heterocycles. The highest BCUT2D eigenvalue weighted by Crippen LogP contribution is 2.25. The molecular formula is C21H24N2O3S. The number of amides is 1. The molecule has 1 unspecified atom stereocenters. The third-order valence-corrected chi connectivity index (χ3v) is 7.31. The third kappa shape index (κ3) is 3.86. The molecule has 1 fully saturated rings. The number of aromatic amines is 1. The van der Waals surface area contributed by atoms with Gasteiger partial charge in [-0.2, -0.15) is 0 Å². The summed E-state index contributed by atoms with van der Waals surface area (Å²) in [5.41, 5.74) is 1.58. The van der Waals surface area contributed by atoms with Gasteiger partial charge in [0.25, 0.3) is 5.91 Å². The van der Waals surface area contributed by atoms with Crippen LogP contribution in [0.15, 0.2) is 53.6 Å². The monoisotopic (exact) mass is 384 g/mol. The lowest BCUT2D eigenvalue weighted by molar-refractivity contribution is 0.0684. The van der Waals surface area contributed by atoms with Gasteiger partial charge >= 0.3 is 0 Å². The summed E-state index contributed by atoms with van der Waals surface area (Å²) >= 11 is 0. The van der Waals surface area contributed by atoms with Gasteiger partial charge in [0.15, 0.2) is 9.84 Å². The zero-order chi connectivity index (χ0) is 18.9. The Bertz CT molecular complexity index is 1020. The average molecular weight is 385 g/mol. The fourth-order valence-corrected chi connectivity index (χ4v) is 5.74. The van der Waals surface area contributed by atoms with Crippen LogP contribution in [0.2, 0.25) is 0 Å². The lowest BCUT2D eigenvalue weighted by atomic mass is 9.99. The number of carbonyl (C=O) groups excluding carboxylic acids is 1. The van der Waals surface area contributed by atoms with Crippen molar-refractivity contribution >= 4 is 26.6 Å². The summed E-state index contributed by atoms with van der Waals surface area (Å²) in [6, 6.07) is 7.62. The Balaban J connectivity index is 1.46. The first kappa shape index (κ1) is 18.0. The first-order valence-corrected chi connectivity index (χ1v) is 11.1. The van der Waals surface area contributed by atoms with Gasteiger partial charge in [-0.25, -0.2) is 8.42 Å². The number of nitrogens with one attached hydrogen (secondary N) is 1. The first-order chi connectivity index (χ1) is 13.0. The van der Waals surface area contributed by atoms with E-state index in [-0.39, 0.29) is 17.6 Å². The maximum absolute atomic E-state index is 12.9. The second-order valence-electron chi connectivity index (χ2n) is 7.41. The number of hydrogen-bond acceptors (Lipinski definition) is 3. The van der Waals surface area contributed by atoms with Gasteiger partial charge in [0.1, 0.15) is 0 Å². The highest BCUT2D eigenvalue weighted by Gasteiger charge is 2.29. The minimum absolute atomic E-state index is 0.0156. The topological polar surface area (TPSA) is 70.2 Å². The molecule has 1 aromatic heterocycles. The number of sulfone groups is 1. The maximum atomic E-state index is 12.9. The molecule has 2 heterocycles. The molecule has 0 bridgehead atoms. The van der Waals surface area contributed by atoms with Gasteiger partial charge in [-0.05, 0) is 61.3 Å². The molecule has 1 N–H and O–H groups in total. The number of H-pyrrole nitrogens is 1. The molecule has 5 nitrogen and oxygen atoms in total. The summed E-state index contributed by atoms with van der Waals surface area (Å²) in [6.07, 6.45) is 10.7. The zero-order valence-electron chi connectivity index (χ0n) is 15.2. The molecule has 27 heavy (non-hydrogen) atoms. The molecule has 2 aliphatic rings. The minimum Gasteiger partial charge on any atom is -0.361 e. The molecule has 0 saturated carbocycles. The lowest BCUT2D eigenvalue weighted by Crippen LogP contribution is -2.42. The number of piperidine rings is 1. The third-order valence-electron chi connectivity index (χ3n) is 5.38. The fourth-order valence-electron chi connectivity index (χ4n) is 3.98. The highest BCUT2D eigenvalue weighted by molar-refractivity contribution is 7.95. The quantitative estimate of drug-likeness (QED) is 0.874. The Kier molecular flexibility index (Phi) is 4.91. The molecule has 1 amide bonds. The van der Waals surface area contributed by atoms with Crippen LogP contribution in [-0.4, -0.2) is 43.1 Å². The van der Waals surface area contributed by atoms with Crippen LogP contribution >= 0.6 is 0 Å². The molecule has 1 aliphatic carbocycles. The Labute approximate surface area is 159 Å². The van der Waals surface area contributed by atoms with Crippen LogP contribution in [-0.2, 0) is 9.84 Å². The van der Waals surface area contributed by atoms with Crippen LogP contribution in [0.4, 0.5) is 0 Å². The number of hydrogen-bond donors (Lipinski definition) is 1. The van der Waals surface area contributed by atoms with E-state index in [1.165, 1.54) is 0 Å². The predicted molar refractivity (Wildman–Crippen MR) is 107 cm³/mol. The molecule has 2 aromatic rings. The molecule has 4 rings (SSSR count). The summed E-state index contributed by atoms with van der Waals surface area (Å²) < 4.78 is 25.4. The molecule has 0 radical (unpaired) electrons. The Hall–Kier alpha value is -2.34. The smallest absolute Gasteiger partial charge is 0.253 e. The lowest BCUT2D eigenvalue weighted by Gasteiger charge is -2.33. The second kappa shape index (κ2) is 7.35. The summed E-state index contributed by atoms with van der Waals surface area (Å²) in [5, 5.41) is 1.07. The molecule has 142 valence electrons. The van der Waals surface area contributed by atoms with Crippen molar-refractivity contribution in [1.82, 2.24) is 9.88 Å². The first-order valence-electron chi connectivity index (χ1n) is 9.49. The number of carbonyl (C=O) groups is 1. The number of fused-ring (bicyclic) bond motifs is 1. The van der Waals surface area contributed by atoms with Gasteiger partial charge in [-0.1, -0.05) is 18.2 Å². The van der Waals surface area contributed by atoms with Gasteiger partial charge in [0.2, 0.25) is 0 Å². The summed E-state index contributed by atoms with van der Waals surface area (Å²) in [7, 11) is -3.29. The molecular weight excluding hydrogens is 360 g/mol. The van der Waals surface area contributed by atoms with E-state index in [9.17, 15) is 13.2 Å². The van der Waals surface area contributed by atoms with Gasteiger partial charge < -0.3 is 9.88 Å². The fraction of sp³-hybridized carbons (Fsp3) is 0.381. The SMILES string of the molecule is O=C(c1ccc2cc[nH]c2c1)N1CCCC(CS(=O)(=O)C2=CCCC=C2)C1. The van der Waals surface area contributed by atoms with E-state index in [4.69, 9.17) is 0 Å². The van der Waals surface area contributed by atoms with E-state index in [0.29, 0.717) is 23.6 Å². The van der Waals surface area contributed by atoms with E-state index < -0.39 is 9.84 Å². The molecule has 1 aromatic carbocycles. The van der Waals surface area contributed by atoms with Crippen molar-refractivity contribution in [1.29, 1.82) is 0 Å². The van der Waals surface area contributed by atoms with Crippen molar-refractivity contribution in [3.63, 3.8) is 0 Å². The molecule has 0 spiro atoms. The van der Waals surface area contributed by atoms with Gasteiger partial charge in [-0.15, -0.1) is 0 Å². The number of nitrogens with zero attached hydrogens (tertiary/aromatic N) is 1. The van der Waals surface area contributed by atoms with Gasteiger partial charge in [-0.3, -0.25) is 4.79 Å². The minimum atomic E-state index is -3.29. The summed E-state index contributed by atoms with van der Waals surface area (Å²) in [5.74, 6) is 0.0753. The van der Waals surface area contributed by atoms with Crippen LogP contribution in [0.3, 0.4) is 0 Å². The van der Waals surface area contributed by atoms with Crippen LogP contribution < -0.4 is 0 Å². The Morgan fingerprint density at radius 2 is 2.11 bits per heavy atom. The van der Waals surface area contributed by atoms with Crippen molar-refractivity contribution in [2.24, 2.45) is 5.92 Å². The normalized spacial score (nSPS) is 20.7. The van der Waals surface area contributed by atoms with Crippen molar-refractivity contribution < 1.29 is 13.2 Å². The number of likely N-dealkylation sites (tertiary alicyclic amines) is 1. The van der Waals surface area contributed by atoms with Crippen molar-refractivity contribution in [2.45, 2.75) is 25.7 Å². The number of rotatable bonds is 4. The maximum Gasteiger partial charge on any atom is 0.253 e. The van der Waals surface area contributed by atoms with Crippen molar-refractivity contribution in [3.05, 3.63) is 59.2 Å². The Morgan fingerprint density at radius 3 is 2.93 bits per heavy atom. The zero-order valence-corrected chi connectivity index (χ0v) is 16.0. The predicted octanol–water partition coefficient (Wildman–Crippen LogP) is 3.67. The highest BCUT2D eigenvalue weighted by atomic mass is 32.2. The number of aromatic nitrogens is 1. The van der Waals surface area contributed by atoms with Crippen LogP contribution in [0, 0.1) is 5.92 Å². The number of benzene rings is 1. The summed E-state index contributed by atoms with van der Waals surface area (Å²) in [6.45, 7) is 1.18. The van der Waals surface area contributed by atoms with Crippen LogP contribution in [0.25, 0.3) is 10.9 Å². The number of allylic oxidation sites excluding steroid dienone is 3. The van der Waals surface area contributed by atoms with Crippen molar-refractivity contribution in [2.75, 3.05) is 18.8 Å². The average Bonchev–Trinajstić information content (AvgIpc) is 3.16. The molecule has 1 saturated heterocycles. The van der Waals surface area contributed by atoms with E-state index in [1.807, 2.05) is 42.6 Å². The van der Waals surface area contributed by atoms with Crippen LogP contribution in [0.1, 0.15) is 36.0 Å². The standard InChI is InChI=1S/C21H24N2O3S/c24-21(18-9-8-17-10-11-22-20(17)13-18)23-12-4-5-16(14-23)15-27(25,26)19-6-2-1-3-7-19/h2,6-11,13,16,22H,1,3-5,12,14-15H2.